The number of likely N-dealkylation sites (tertiary alicyclic amines) is 1. The molecule has 1 atom stereocenters. The first-order chi connectivity index (χ1) is 17.9. The minimum atomic E-state index is -0.902. The van der Waals surface area contributed by atoms with Crippen LogP contribution in [-0.4, -0.2) is 60.0 Å². The third-order valence-corrected chi connectivity index (χ3v) is 7.50. The first kappa shape index (κ1) is 27.2. The van der Waals surface area contributed by atoms with Gasteiger partial charge >= 0.3 is 0 Å². The van der Waals surface area contributed by atoms with Gasteiger partial charge in [0.25, 0.3) is 0 Å². The van der Waals surface area contributed by atoms with Gasteiger partial charge in [0.2, 0.25) is 0 Å². The smallest absolute Gasteiger partial charge is 0.128 e. The molecule has 9 heteroatoms. The summed E-state index contributed by atoms with van der Waals surface area (Å²) in [5.74, 6) is -0.629. The van der Waals surface area contributed by atoms with E-state index in [1.165, 1.54) is 18.3 Å². The number of fused-ring (bicyclic) bond motifs is 1. The monoisotopic (exact) mass is 517 g/mol. The summed E-state index contributed by atoms with van der Waals surface area (Å²) in [7, 11) is 1.55. The summed E-state index contributed by atoms with van der Waals surface area (Å²) < 4.78 is 45.9. The van der Waals surface area contributed by atoms with E-state index in [2.05, 4.69) is 15.2 Å². The molecule has 0 amide bonds. The molecule has 0 unspecified atom stereocenters. The highest BCUT2D eigenvalue weighted by Gasteiger charge is 2.34. The van der Waals surface area contributed by atoms with Crippen molar-refractivity contribution in [2.24, 2.45) is 5.41 Å². The first-order valence-corrected chi connectivity index (χ1v) is 12.6. The zero-order valence-electron chi connectivity index (χ0n) is 21.0. The van der Waals surface area contributed by atoms with Crippen molar-refractivity contribution in [2.45, 2.75) is 38.5 Å². The molecule has 1 aliphatic rings. The van der Waals surface area contributed by atoms with Crippen LogP contribution in [0.3, 0.4) is 0 Å². The van der Waals surface area contributed by atoms with Crippen LogP contribution in [0.2, 0.25) is 0 Å². The molecule has 1 saturated heterocycles. The van der Waals surface area contributed by atoms with Crippen LogP contribution >= 0.6 is 0 Å². The number of benzene rings is 2. The van der Waals surface area contributed by atoms with Crippen molar-refractivity contribution in [1.29, 1.82) is 0 Å². The van der Waals surface area contributed by atoms with E-state index >= 15 is 0 Å². The van der Waals surface area contributed by atoms with Crippen LogP contribution in [-0.2, 0) is 6.67 Å². The number of pyridine rings is 1. The number of aromatic nitrogens is 1. The number of alkyl halides is 1. The van der Waals surface area contributed by atoms with Crippen molar-refractivity contribution < 1.29 is 28.1 Å². The molecule has 2 heterocycles. The molecule has 0 spiro atoms. The summed E-state index contributed by atoms with van der Waals surface area (Å²) in [5, 5.41) is 25.1. The Bertz CT molecular complexity index is 1180. The SMILES string of the molecule is COc1ccc2ncc(CF)c([C@@H](O)CCC3(CO)CCN(CCNc4cc(F)cc(F)c4)CC3)c2c1. The van der Waals surface area contributed by atoms with Crippen molar-refractivity contribution in [3.8, 4) is 5.75 Å². The van der Waals surface area contributed by atoms with E-state index in [9.17, 15) is 23.4 Å². The number of piperidine rings is 1. The fourth-order valence-corrected chi connectivity index (χ4v) is 5.20. The Kier molecular flexibility index (Phi) is 8.89. The number of hydrogen-bond donors (Lipinski definition) is 3. The third-order valence-electron chi connectivity index (χ3n) is 7.50. The molecule has 3 aromatic rings. The first-order valence-electron chi connectivity index (χ1n) is 12.6. The lowest BCUT2D eigenvalue weighted by atomic mass is 9.74. The van der Waals surface area contributed by atoms with Crippen LogP contribution in [0.15, 0.2) is 42.6 Å². The summed E-state index contributed by atoms with van der Waals surface area (Å²) in [4.78, 5) is 6.56. The van der Waals surface area contributed by atoms with E-state index in [4.69, 9.17) is 4.74 Å². The van der Waals surface area contributed by atoms with Gasteiger partial charge < -0.3 is 25.2 Å². The van der Waals surface area contributed by atoms with E-state index in [-0.39, 0.29) is 12.0 Å². The topological polar surface area (TPSA) is 77.8 Å². The van der Waals surface area contributed by atoms with Gasteiger partial charge in [-0.2, -0.15) is 0 Å². The van der Waals surface area contributed by atoms with Gasteiger partial charge in [-0.1, -0.05) is 0 Å². The number of methoxy groups -OCH3 is 1. The van der Waals surface area contributed by atoms with Crippen LogP contribution in [0.5, 0.6) is 5.75 Å². The Balaban J connectivity index is 1.35. The Morgan fingerprint density at radius 2 is 1.86 bits per heavy atom. The zero-order valence-corrected chi connectivity index (χ0v) is 21.0. The van der Waals surface area contributed by atoms with E-state index in [1.54, 1.807) is 25.3 Å². The number of nitrogens with one attached hydrogen (secondary N) is 1. The molecule has 0 bridgehead atoms. The second kappa shape index (κ2) is 12.1. The zero-order chi connectivity index (χ0) is 26.4. The average molecular weight is 518 g/mol. The lowest BCUT2D eigenvalue weighted by molar-refractivity contribution is 0.0247. The summed E-state index contributed by atoms with van der Waals surface area (Å²) in [5.41, 5.74) is 1.62. The predicted molar refractivity (Wildman–Crippen MR) is 137 cm³/mol. The van der Waals surface area contributed by atoms with Gasteiger partial charge in [0.15, 0.2) is 0 Å². The maximum absolute atomic E-state index is 13.8. The molecule has 0 saturated carbocycles. The van der Waals surface area contributed by atoms with Gasteiger partial charge in [-0.05, 0) is 80.1 Å². The van der Waals surface area contributed by atoms with Gasteiger partial charge in [0, 0.05) is 48.6 Å². The average Bonchev–Trinajstić information content (AvgIpc) is 2.91. The molecule has 2 aromatic carbocycles. The van der Waals surface area contributed by atoms with Gasteiger partial charge in [0.05, 0.1) is 18.7 Å². The number of rotatable bonds is 11. The van der Waals surface area contributed by atoms with Gasteiger partial charge in [-0.3, -0.25) is 4.98 Å². The number of aliphatic hydroxyl groups excluding tert-OH is 2. The molecule has 1 fully saturated rings. The molecule has 1 aromatic heterocycles. The summed E-state index contributed by atoms with van der Waals surface area (Å²) in [6.07, 6.45) is 3.06. The molecule has 0 aliphatic carbocycles. The lowest BCUT2D eigenvalue weighted by Crippen LogP contribution is -2.43. The van der Waals surface area contributed by atoms with E-state index in [0.717, 1.165) is 32.0 Å². The van der Waals surface area contributed by atoms with Crippen LogP contribution in [0.1, 0.15) is 42.9 Å². The van der Waals surface area contributed by atoms with Gasteiger partial charge in [-0.25, -0.2) is 13.2 Å². The van der Waals surface area contributed by atoms with Crippen molar-refractivity contribution in [3.63, 3.8) is 0 Å². The number of ether oxygens (including phenoxy) is 1. The van der Waals surface area contributed by atoms with Crippen LogP contribution in [0.4, 0.5) is 18.9 Å². The molecular weight excluding hydrogens is 483 g/mol. The molecule has 1 aliphatic heterocycles. The van der Waals surface area contributed by atoms with Crippen molar-refractivity contribution in [1.82, 2.24) is 9.88 Å². The summed E-state index contributed by atoms with van der Waals surface area (Å²) in [6.45, 7) is 2.05. The lowest BCUT2D eigenvalue weighted by Gasteiger charge is -2.41. The van der Waals surface area contributed by atoms with E-state index in [0.29, 0.717) is 59.4 Å². The highest BCUT2D eigenvalue weighted by molar-refractivity contribution is 5.85. The van der Waals surface area contributed by atoms with E-state index < -0.39 is 24.4 Å². The van der Waals surface area contributed by atoms with Crippen molar-refractivity contribution in [2.75, 3.05) is 45.2 Å². The maximum atomic E-state index is 13.8. The molecular formula is C28H34F3N3O3. The van der Waals surface area contributed by atoms with Crippen molar-refractivity contribution >= 4 is 16.6 Å². The van der Waals surface area contributed by atoms with Gasteiger partial charge in [-0.15, -0.1) is 0 Å². The maximum Gasteiger partial charge on any atom is 0.128 e. The third kappa shape index (κ3) is 6.52. The number of halogens is 3. The molecule has 0 radical (unpaired) electrons. The Hall–Kier alpha value is -2.88. The van der Waals surface area contributed by atoms with Crippen LogP contribution in [0, 0.1) is 17.0 Å². The highest BCUT2D eigenvalue weighted by atomic mass is 19.1. The minimum absolute atomic E-state index is 0.00919. The van der Waals surface area contributed by atoms with Gasteiger partial charge in [0.1, 0.15) is 24.1 Å². The molecule has 3 N–H and O–H groups in total. The molecule has 6 nitrogen and oxygen atoms in total. The van der Waals surface area contributed by atoms with Crippen LogP contribution < -0.4 is 10.1 Å². The number of aliphatic hydroxyl groups is 2. The quantitative estimate of drug-likeness (QED) is 0.333. The number of nitrogens with zero attached hydrogens (tertiary/aromatic N) is 2. The largest absolute Gasteiger partial charge is 0.497 e. The minimum Gasteiger partial charge on any atom is -0.497 e. The second-order valence-corrected chi connectivity index (χ2v) is 9.85. The Morgan fingerprint density at radius 3 is 2.51 bits per heavy atom. The number of hydrogen-bond acceptors (Lipinski definition) is 6. The van der Waals surface area contributed by atoms with Crippen molar-refractivity contribution in [3.05, 3.63) is 65.4 Å². The number of anilines is 1. The Morgan fingerprint density at radius 1 is 1.14 bits per heavy atom. The summed E-state index contributed by atoms with van der Waals surface area (Å²) >= 11 is 0. The Labute approximate surface area is 215 Å². The molecule has 37 heavy (non-hydrogen) atoms. The summed E-state index contributed by atoms with van der Waals surface area (Å²) in [6, 6.07) is 8.70. The predicted octanol–water partition coefficient (Wildman–Crippen LogP) is 4.99. The second-order valence-electron chi connectivity index (χ2n) is 9.85. The highest BCUT2D eigenvalue weighted by Crippen LogP contribution is 2.40. The fourth-order valence-electron chi connectivity index (χ4n) is 5.20. The standard InChI is InChI=1S/C28H34F3N3O3/c1-37-23-2-3-25-24(15-23)27(19(16-29)17-33-25)26(36)4-5-28(18-35)6-9-34(10-7-28)11-8-32-22-13-20(30)12-21(31)14-22/h2-3,12-15,17,26,32,35-36H,4-11,16,18H2,1H3/t26-/m0/s1. The molecule has 4 rings (SSSR count). The van der Waals surface area contributed by atoms with E-state index in [1.807, 2.05) is 0 Å². The fraction of sp³-hybridized carbons (Fsp3) is 0.464. The van der Waals surface area contributed by atoms with Crippen LogP contribution in [0.25, 0.3) is 10.9 Å². The normalized spacial score (nSPS) is 16.6. The molecule has 200 valence electrons.